The van der Waals surface area contributed by atoms with Gasteiger partial charge >= 0.3 is 0 Å². The molecule has 0 atom stereocenters. The maximum Gasteiger partial charge on any atom is 0.213 e. The number of aliphatic hydroxyl groups is 1. The number of halogens is 1. The summed E-state index contributed by atoms with van der Waals surface area (Å²) in [6.07, 6.45) is 0.676. The van der Waals surface area contributed by atoms with Crippen molar-refractivity contribution in [3.63, 3.8) is 0 Å². The standard InChI is InChI=1S/C20H21NO4.ClHO4/c1-23-15-6-4-14(5-7-15)20-13-18(21-10-3-11-22)17-12-16(24-2)8-9-19(17)25-20;2-1(3,4)5/h4-9,12-13,22H,3,10-11H2,1-2H3;(H,2,3,4,5). The highest BCUT2D eigenvalue weighted by Crippen LogP contribution is 2.25. The molecule has 0 aliphatic carbocycles. The van der Waals surface area contributed by atoms with E-state index in [1.807, 2.05) is 48.5 Å². The summed E-state index contributed by atoms with van der Waals surface area (Å²) in [6.45, 7) is 0.825. The number of aliphatic hydroxyl groups excluding tert-OH is 1. The molecular formula is C20H22ClNO8. The van der Waals surface area contributed by atoms with Crippen LogP contribution in [0.15, 0.2) is 52.9 Å². The van der Waals surface area contributed by atoms with Gasteiger partial charge in [-0.15, -0.1) is 10.2 Å². The lowest BCUT2D eigenvalue weighted by molar-refractivity contribution is -2.00. The maximum absolute atomic E-state index is 9.03. The molecule has 3 aromatic rings. The molecule has 0 unspecified atom stereocenters. The van der Waals surface area contributed by atoms with Gasteiger partial charge in [-0.05, 0) is 42.5 Å². The Balaban J connectivity index is 0.000000575. The highest BCUT2D eigenvalue weighted by molar-refractivity contribution is 5.79. The minimum absolute atomic E-state index is 0.150. The largest absolute Gasteiger partial charge is 0.497 e. The van der Waals surface area contributed by atoms with Gasteiger partial charge in [-0.1, -0.05) is 0 Å². The first kappa shape index (κ1) is 23.6. The Hall–Kier alpha value is -2.66. The van der Waals surface area contributed by atoms with Crippen molar-refractivity contribution >= 4 is 11.0 Å². The molecular weight excluding hydrogens is 418 g/mol. The highest BCUT2D eigenvalue weighted by atomic mass is 35.7. The van der Waals surface area contributed by atoms with Gasteiger partial charge in [0.1, 0.15) is 29.4 Å². The third kappa shape index (κ3) is 7.30. The second-order valence-electron chi connectivity index (χ2n) is 6.00. The zero-order chi connectivity index (χ0) is 22.1. The van der Waals surface area contributed by atoms with Crippen molar-refractivity contribution in [2.45, 2.75) is 6.42 Å². The summed E-state index contributed by atoms with van der Waals surface area (Å²) >= 11 is 0. The van der Waals surface area contributed by atoms with Crippen LogP contribution in [0.4, 0.5) is 0 Å². The molecule has 0 aliphatic heterocycles. The van der Waals surface area contributed by atoms with Gasteiger partial charge in [0.15, 0.2) is 0 Å². The van der Waals surface area contributed by atoms with Crippen LogP contribution in [0.1, 0.15) is 6.42 Å². The predicted octanol–water partition coefficient (Wildman–Crippen LogP) is -3.28. The molecule has 9 nitrogen and oxygen atoms in total. The van der Waals surface area contributed by atoms with Crippen LogP contribution >= 0.6 is 0 Å². The van der Waals surface area contributed by atoms with E-state index in [0.717, 1.165) is 39.1 Å². The minimum atomic E-state index is -4.94. The molecule has 0 spiro atoms. The second-order valence-corrected chi connectivity index (χ2v) is 6.75. The minimum Gasteiger partial charge on any atom is -0.497 e. The highest BCUT2D eigenvalue weighted by Gasteiger charge is 2.10. The van der Waals surface area contributed by atoms with Crippen LogP contribution in [0.5, 0.6) is 11.5 Å². The monoisotopic (exact) mass is 439 g/mol. The first-order valence-electron chi connectivity index (χ1n) is 8.81. The Morgan fingerprint density at radius 1 is 0.933 bits per heavy atom. The number of methoxy groups -OCH3 is 2. The van der Waals surface area contributed by atoms with E-state index in [2.05, 4.69) is 4.99 Å². The van der Waals surface area contributed by atoms with E-state index >= 15 is 0 Å². The predicted molar refractivity (Wildman–Crippen MR) is 95.4 cm³/mol. The van der Waals surface area contributed by atoms with E-state index in [9.17, 15) is 0 Å². The second kappa shape index (κ2) is 10.9. The summed E-state index contributed by atoms with van der Waals surface area (Å²) in [5.74, 6) is 2.33. The molecule has 0 saturated carbocycles. The van der Waals surface area contributed by atoms with E-state index in [0.29, 0.717) is 13.0 Å². The van der Waals surface area contributed by atoms with Crippen molar-refractivity contribution in [2.24, 2.45) is 0 Å². The molecule has 1 heterocycles. The fourth-order valence-corrected chi connectivity index (χ4v) is 2.64. The number of benzene rings is 2. The number of ether oxygens (including phenoxy) is 2. The van der Waals surface area contributed by atoms with Gasteiger partial charge in [0.25, 0.3) is 0 Å². The average Bonchev–Trinajstić information content (AvgIpc) is 2.72. The Bertz CT molecular complexity index is 1010. The Morgan fingerprint density at radius 2 is 1.53 bits per heavy atom. The summed E-state index contributed by atoms with van der Waals surface area (Å²) in [4.78, 5) is 3.37. The first-order valence-corrected chi connectivity index (χ1v) is 10.0. The fraction of sp³-hybridized carbons (Fsp3) is 0.250. The Labute approximate surface area is 174 Å². The summed E-state index contributed by atoms with van der Waals surface area (Å²) in [6, 6.07) is 15.4. The molecule has 0 fully saturated rings. The van der Waals surface area contributed by atoms with Crippen molar-refractivity contribution < 1.29 is 52.9 Å². The molecule has 2 aromatic carbocycles. The molecule has 30 heavy (non-hydrogen) atoms. The summed E-state index contributed by atoms with van der Waals surface area (Å²) < 4.78 is 50.6. The molecule has 1 aromatic heterocycles. The van der Waals surface area contributed by atoms with Gasteiger partial charge in [-0.3, -0.25) is 0 Å². The Kier molecular flexibility index (Phi) is 8.60. The molecule has 3 rings (SSSR count). The van der Waals surface area contributed by atoms with Gasteiger partial charge < -0.3 is 19.0 Å². The van der Waals surface area contributed by atoms with Crippen LogP contribution in [-0.2, 0) is 0 Å². The van der Waals surface area contributed by atoms with Crippen LogP contribution in [0.2, 0.25) is 0 Å². The normalized spacial score (nSPS) is 11.8. The van der Waals surface area contributed by atoms with E-state index in [1.165, 1.54) is 0 Å². The summed E-state index contributed by atoms with van der Waals surface area (Å²) in [5.41, 5.74) is 1.73. The quantitative estimate of drug-likeness (QED) is 0.378. The van der Waals surface area contributed by atoms with Crippen LogP contribution in [0.3, 0.4) is 0 Å². The third-order valence-electron chi connectivity index (χ3n) is 4.00. The maximum atomic E-state index is 9.03. The topological polar surface area (TPSA) is 158 Å². The van der Waals surface area contributed by atoms with Crippen LogP contribution in [0, 0.1) is 10.2 Å². The van der Waals surface area contributed by atoms with E-state index in [-0.39, 0.29) is 6.61 Å². The first-order chi connectivity index (χ1) is 14.2. The van der Waals surface area contributed by atoms with E-state index in [4.69, 9.17) is 37.6 Å². The third-order valence-corrected chi connectivity index (χ3v) is 4.00. The molecule has 0 bridgehead atoms. The van der Waals surface area contributed by atoms with Crippen molar-refractivity contribution in [3.05, 3.63) is 53.9 Å². The lowest BCUT2D eigenvalue weighted by atomic mass is 10.1. The van der Waals surface area contributed by atoms with Gasteiger partial charge in [0.2, 0.25) is 5.36 Å². The molecule has 0 aliphatic rings. The van der Waals surface area contributed by atoms with Crippen LogP contribution < -0.4 is 38.5 Å². The lowest BCUT2D eigenvalue weighted by Crippen LogP contribution is -2.76. The summed E-state index contributed by atoms with van der Waals surface area (Å²) in [5, 5.41) is 10.9. The van der Waals surface area contributed by atoms with Crippen LogP contribution in [0.25, 0.3) is 22.3 Å². The molecule has 0 radical (unpaired) electrons. The average molecular weight is 440 g/mol. The van der Waals surface area contributed by atoms with Crippen LogP contribution in [-0.4, -0.2) is 32.5 Å². The molecule has 10 heteroatoms. The fourth-order valence-electron chi connectivity index (χ4n) is 2.64. The molecule has 162 valence electrons. The number of hydrogen-bond acceptors (Lipinski definition) is 8. The zero-order valence-electron chi connectivity index (χ0n) is 16.4. The van der Waals surface area contributed by atoms with Crippen molar-refractivity contribution in [1.29, 1.82) is 0 Å². The van der Waals surface area contributed by atoms with Gasteiger partial charge in [-0.2, -0.15) is 0 Å². The van der Waals surface area contributed by atoms with Gasteiger partial charge in [0, 0.05) is 18.6 Å². The van der Waals surface area contributed by atoms with Gasteiger partial charge in [-0.25, -0.2) is 23.6 Å². The smallest absolute Gasteiger partial charge is 0.213 e. The number of nitrogens with one attached hydrogen (secondary N) is 1. The molecule has 2 N–H and O–H groups in total. The Morgan fingerprint density at radius 3 is 2.10 bits per heavy atom. The van der Waals surface area contributed by atoms with E-state index < -0.39 is 10.2 Å². The van der Waals surface area contributed by atoms with Crippen molar-refractivity contribution in [3.8, 4) is 22.8 Å². The number of fused-ring (bicyclic) bond motifs is 1. The van der Waals surface area contributed by atoms with Crippen molar-refractivity contribution in [1.82, 2.24) is 0 Å². The van der Waals surface area contributed by atoms with E-state index in [1.54, 1.807) is 14.2 Å². The number of hydrogen-bond donors (Lipinski definition) is 2. The zero-order valence-corrected chi connectivity index (χ0v) is 17.2. The summed E-state index contributed by atoms with van der Waals surface area (Å²) in [7, 11) is -1.66. The molecule has 0 saturated heterocycles. The lowest BCUT2D eigenvalue weighted by Gasteiger charge is -2.17. The van der Waals surface area contributed by atoms with Gasteiger partial charge in [0.05, 0.1) is 25.7 Å². The molecule has 0 amide bonds. The SMILES string of the molecule is COc1ccc(-c2cc(=[NH+]CCCO)c3cc(OC)ccc3o2)cc1.[O-][Cl+3]([O-])([O-])[O-]. The van der Waals surface area contributed by atoms with Crippen molar-refractivity contribution in [2.75, 3.05) is 27.4 Å². The number of rotatable bonds is 6.